The average Bonchev–Trinajstić information content (AvgIpc) is 2.39. The van der Waals surface area contributed by atoms with E-state index in [1.54, 1.807) is 11.2 Å². The van der Waals surface area contributed by atoms with Crippen molar-refractivity contribution in [2.24, 2.45) is 5.73 Å². The van der Waals surface area contributed by atoms with Crippen LogP contribution in [0.4, 0.5) is 0 Å². The van der Waals surface area contributed by atoms with Gasteiger partial charge in [0.2, 0.25) is 10.0 Å². The van der Waals surface area contributed by atoms with Crippen LogP contribution in [0.5, 0.6) is 0 Å². The van der Waals surface area contributed by atoms with Gasteiger partial charge in [-0.1, -0.05) is 19.1 Å². The van der Waals surface area contributed by atoms with Gasteiger partial charge in [0.1, 0.15) is 5.25 Å². The number of hydrogen-bond donors (Lipinski definition) is 1. The van der Waals surface area contributed by atoms with Crippen LogP contribution in [0.15, 0.2) is 0 Å². The number of nitrogens with zero attached hydrogens (tertiary/aromatic N) is 2. The van der Waals surface area contributed by atoms with Gasteiger partial charge in [-0.05, 0) is 33.4 Å². The van der Waals surface area contributed by atoms with Crippen molar-refractivity contribution in [3.8, 4) is 0 Å². The summed E-state index contributed by atoms with van der Waals surface area (Å²) in [7, 11) is -1.42. The van der Waals surface area contributed by atoms with Gasteiger partial charge in [0, 0.05) is 19.1 Å². The van der Waals surface area contributed by atoms with Crippen molar-refractivity contribution in [3.63, 3.8) is 0 Å². The summed E-state index contributed by atoms with van der Waals surface area (Å²) in [6.07, 6.45) is 1.27. The van der Waals surface area contributed by atoms with Gasteiger partial charge < -0.3 is 10.6 Å². The Kier molecular flexibility index (Phi) is 5.51. The second kappa shape index (κ2) is 6.27. The quantitative estimate of drug-likeness (QED) is 0.760. The van der Waals surface area contributed by atoms with E-state index >= 15 is 0 Å². The van der Waals surface area contributed by atoms with Crippen LogP contribution < -0.4 is 5.73 Å². The van der Waals surface area contributed by atoms with Gasteiger partial charge >= 0.3 is 0 Å². The summed E-state index contributed by atoms with van der Waals surface area (Å²) in [4.78, 5) is 2.23. The molecule has 18 heavy (non-hydrogen) atoms. The van der Waals surface area contributed by atoms with Gasteiger partial charge in [-0.2, -0.15) is 4.31 Å². The largest absolute Gasteiger partial charge is 0.392 e. The number of nitrogens with two attached hydrogens (primary N) is 1. The van der Waals surface area contributed by atoms with Crippen LogP contribution in [-0.2, 0) is 10.0 Å². The van der Waals surface area contributed by atoms with Crippen LogP contribution in [0.1, 0.15) is 26.7 Å². The number of sulfonamides is 1. The van der Waals surface area contributed by atoms with Crippen LogP contribution >= 0.6 is 12.2 Å². The van der Waals surface area contributed by atoms with Gasteiger partial charge in [0.25, 0.3) is 0 Å². The lowest BCUT2D eigenvalue weighted by Crippen LogP contribution is -2.49. The van der Waals surface area contributed by atoms with Crippen molar-refractivity contribution < 1.29 is 8.42 Å². The predicted octanol–water partition coefficient (Wildman–Crippen LogP) is 0.407. The Bertz CT molecular complexity index is 397. The molecule has 1 heterocycles. The summed E-state index contributed by atoms with van der Waals surface area (Å²) in [6, 6.07) is -0.0362. The first kappa shape index (κ1) is 15.8. The third-order valence-electron chi connectivity index (χ3n) is 3.36. The lowest BCUT2D eigenvalue weighted by Gasteiger charge is -2.30. The summed E-state index contributed by atoms with van der Waals surface area (Å²) in [6.45, 7) is 5.95. The zero-order chi connectivity index (χ0) is 13.9. The van der Waals surface area contributed by atoms with Crippen LogP contribution in [0.3, 0.4) is 0 Å². The molecule has 0 saturated carbocycles. The second-order valence-corrected chi connectivity index (χ2v) is 7.46. The van der Waals surface area contributed by atoms with Crippen LogP contribution in [-0.4, -0.2) is 60.6 Å². The maximum absolute atomic E-state index is 12.6. The molecule has 0 radical (unpaired) electrons. The normalized spacial score (nSPS) is 25.6. The molecule has 0 aromatic rings. The van der Waals surface area contributed by atoms with Gasteiger partial charge in [-0.3, -0.25) is 0 Å². The molecule has 0 amide bonds. The monoisotopic (exact) mass is 293 g/mol. The third kappa shape index (κ3) is 3.40. The standard InChI is InChI=1S/C11H23N3O2S2/c1-4-10(11(12)17)18(15,16)14-7-5-6-13(3)8-9(14)2/h9-10H,4-8H2,1-3H3,(H2,12,17). The van der Waals surface area contributed by atoms with E-state index in [2.05, 4.69) is 4.90 Å². The zero-order valence-corrected chi connectivity index (χ0v) is 12.9. The fourth-order valence-electron chi connectivity index (χ4n) is 2.45. The fraction of sp³-hybridized carbons (Fsp3) is 0.909. The Morgan fingerprint density at radius 1 is 1.50 bits per heavy atom. The first-order chi connectivity index (χ1) is 8.30. The highest BCUT2D eigenvalue weighted by Crippen LogP contribution is 2.19. The molecule has 2 unspecified atom stereocenters. The maximum atomic E-state index is 12.6. The number of rotatable bonds is 4. The van der Waals surface area contributed by atoms with E-state index in [1.165, 1.54) is 0 Å². The lowest BCUT2D eigenvalue weighted by molar-refractivity contribution is 0.290. The second-order valence-electron chi connectivity index (χ2n) is 4.92. The molecule has 2 atom stereocenters. The zero-order valence-electron chi connectivity index (χ0n) is 11.3. The Balaban J connectivity index is 2.99. The van der Waals surface area contributed by atoms with Crippen molar-refractivity contribution in [2.75, 3.05) is 26.7 Å². The molecular formula is C11H23N3O2S2. The smallest absolute Gasteiger partial charge is 0.223 e. The maximum Gasteiger partial charge on any atom is 0.223 e. The highest BCUT2D eigenvalue weighted by molar-refractivity contribution is 7.92. The minimum atomic E-state index is -3.43. The first-order valence-corrected chi connectivity index (χ1v) is 8.20. The summed E-state index contributed by atoms with van der Waals surface area (Å²) in [5, 5.41) is -0.738. The number of thiocarbonyl (C=S) groups is 1. The van der Waals surface area contributed by atoms with Crippen molar-refractivity contribution in [2.45, 2.75) is 38.0 Å². The molecule has 0 spiro atoms. The van der Waals surface area contributed by atoms with Crippen molar-refractivity contribution >= 4 is 27.2 Å². The van der Waals surface area contributed by atoms with E-state index < -0.39 is 15.3 Å². The van der Waals surface area contributed by atoms with Crippen molar-refractivity contribution in [3.05, 3.63) is 0 Å². The molecule has 1 fully saturated rings. The highest BCUT2D eigenvalue weighted by atomic mass is 32.2. The SMILES string of the molecule is CCC(C(N)=S)S(=O)(=O)N1CCCN(C)CC1C. The van der Waals surface area contributed by atoms with Crippen molar-refractivity contribution in [1.29, 1.82) is 0 Å². The minimum Gasteiger partial charge on any atom is -0.392 e. The molecule has 1 rings (SSSR count). The van der Waals surface area contributed by atoms with Crippen molar-refractivity contribution in [1.82, 2.24) is 9.21 Å². The number of likely N-dealkylation sites (N-methyl/N-ethyl adjacent to an activating group) is 1. The minimum absolute atomic E-state index is 0.0362. The molecule has 1 aliphatic rings. The van der Waals surface area contributed by atoms with Crippen LogP contribution in [0.2, 0.25) is 0 Å². The Labute approximate surface area is 115 Å². The van der Waals surface area contributed by atoms with Gasteiger partial charge in [0.05, 0.1) is 4.99 Å². The molecule has 106 valence electrons. The molecule has 5 nitrogen and oxygen atoms in total. The summed E-state index contributed by atoms with van der Waals surface area (Å²) < 4.78 is 26.7. The van der Waals surface area contributed by atoms with E-state index in [0.29, 0.717) is 13.0 Å². The summed E-state index contributed by atoms with van der Waals surface area (Å²) in [5.74, 6) is 0. The van der Waals surface area contributed by atoms with E-state index in [0.717, 1.165) is 19.5 Å². The van der Waals surface area contributed by atoms with E-state index in [1.807, 2.05) is 14.0 Å². The summed E-state index contributed by atoms with van der Waals surface area (Å²) >= 11 is 4.89. The summed E-state index contributed by atoms with van der Waals surface area (Å²) in [5.41, 5.74) is 5.57. The number of hydrogen-bond acceptors (Lipinski definition) is 4. The Morgan fingerprint density at radius 2 is 2.11 bits per heavy atom. The van der Waals surface area contributed by atoms with Crippen LogP contribution in [0, 0.1) is 0 Å². The molecule has 1 saturated heterocycles. The topological polar surface area (TPSA) is 66.6 Å². The third-order valence-corrected chi connectivity index (χ3v) is 6.30. The molecule has 7 heteroatoms. The lowest BCUT2D eigenvalue weighted by atomic mass is 10.3. The van der Waals surface area contributed by atoms with E-state index in [4.69, 9.17) is 18.0 Å². The molecule has 0 aliphatic carbocycles. The first-order valence-electron chi connectivity index (χ1n) is 6.29. The highest BCUT2D eigenvalue weighted by Gasteiger charge is 2.36. The average molecular weight is 293 g/mol. The van der Waals surface area contributed by atoms with Gasteiger partial charge in [-0.25, -0.2) is 8.42 Å². The van der Waals surface area contributed by atoms with Gasteiger partial charge in [-0.15, -0.1) is 0 Å². The molecule has 2 N–H and O–H groups in total. The van der Waals surface area contributed by atoms with Crippen LogP contribution in [0.25, 0.3) is 0 Å². The van der Waals surface area contributed by atoms with Gasteiger partial charge in [0.15, 0.2) is 0 Å². The molecular weight excluding hydrogens is 270 g/mol. The van der Waals surface area contributed by atoms with E-state index in [9.17, 15) is 8.42 Å². The molecule has 0 aromatic heterocycles. The molecule has 1 aliphatic heterocycles. The molecule has 0 aromatic carbocycles. The fourth-order valence-corrected chi connectivity index (χ4v) is 4.98. The molecule has 0 bridgehead atoms. The Morgan fingerprint density at radius 3 is 2.61 bits per heavy atom. The Hall–Kier alpha value is -0.240. The predicted molar refractivity (Wildman–Crippen MR) is 78.1 cm³/mol. The van der Waals surface area contributed by atoms with E-state index in [-0.39, 0.29) is 11.0 Å².